The lowest BCUT2D eigenvalue weighted by Gasteiger charge is -2.06. The Morgan fingerprint density at radius 1 is 1.14 bits per heavy atom. The molecule has 0 radical (unpaired) electrons. The predicted octanol–water partition coefficient (Wildman–Crippen LogP) is 3.96. The molecule has 1 aliphatic heterocycles. The number of hydrogen-bond donors (Lipinski definition) is 1. The van der Waals surface area contributed by atoms with E-state index in [2.05, 4.69) is 10.5 Å². The Hall–Kier alpha value is -2.18. The number of anilines is 1. The van der Waals surface area contributed by atoms with E-state index < -0.39 is 5.91 Å². The predicted molar refractivity (Wildman–Crippen MR) is 80.1 cm³/mol. The largest absolute Gasteiger partial charge is 0.321 e. The molecule has 2 amide bonds. The second-order valence-electron chi connectivity index (χ2n) is 4.30. The van der Waals surface area contributed by atoms with Crippen LogP contribution in [-0.2, 0) is 0 Å². The van der Waals surface area contributed by atoms with Crippen LogP contribution in [0, 0.1) is 4.91 Å². The van der Waals surface area contributed by atoms with Crippen LogP contribution < -0.4 is 5.32 Å². The summed E-state index contributed by atoms with van der Waals surface area (Å²) in [5.41, 5.74) is 1.10. The van der Waals surface area contributed by atoms with E-state index in [4.69, 9.17) is 11.6 Å². The minimum absolute atomic E-state index is 0.133. The number of amides is 2. The fraction of sp³-hybridized carbons (Fsp3) is 0. The van der Waals surface area contributed by atoms with E-state index in [-0.39, 0.29) is 11.5 Å². The Bertz CT molecular complexity index is 792. The number of carbonyl (C=O) groups is 2. The first-order valence-electron chi connectivity index (χ1n) is 5.89. The summed E-state index contributed by atoms with van der Waals surface area (Å²) in [7, 11) is 0. The zero-order valence-corrected chi connectivity index (χ0v) is 12.0. The highest BCUT2D eigenvalue weighted by molar-refractivity contribution is 7.99. The van der Waals surface area contributed by atoms with E-state index in [1.165, 1.54) is 23.9 Å². The van der Waals surface area contributed by atoms with Gasteiger partial charge in [0, 0.05) is 25.6 Å². The van der Waals surface area contributed by atoms with E-state index in [1.807, 2.05) is 0 Å². The first-order valence-corrected chi connectivity index (χ1v) is 7.08. The van der Waals surface area contributed by atoms with Gasteiger partial charge in [0.15, 0.2) is 0 Å². The molecule has 0 bridgehead atoms. The van der Waals surface area contributed by atoms with Crippen molar-refractivity contribution in [1.29, 1.82) is 0 Å². The van der Waals surface area contributed by atoms with Gasteiger partial charge in [0.25, 0.3) is 5.91 Å². The average molecular weight is 319 g/mol. The van der Waals surface area contributed by atoms with Crippen LogP contribution >= 0.6 is 23.4 Å². The Morgan fingerprint density at radius 2 is 1.95 bits per heavy atom. The zero-order chi connectivity index (χ0) is 15.0. The number of nitroso groups, excluding NO2 is 1. The van der Waals surface area contributed by atoms with Crippen molar-refractivity contribution in [2.24, 2.45) is 5.18 Å². The normalized spacial score (nSPS) is 12.7. The second-order valence-corrected chi connectivity index (χ2v) is 5.82. The Balaban J connectivity index is 2.10. The molecule has 0 aliphatic carbocycles. The van der Waals surface area contributed by atoms with Crippen molar-refractivity contribution in [3.8, 4) is 0 Å². The number of nitrogens with zero attached hydrogens (tertiary/aromatic N) is 1. The molecule has 1 heterocycles. The van der Waals surface area contributed by atoms with Gasteiger partial charge in [0.05, 0.1) is 11.3 Å². The van der Waals surface area contributed by atoms with Gasteiger partial charge in [-0.15, -0.1) is 4.91 Å². The highest BCUT2D eigenvalue weighted by atomic mass is 35.5. The van der Waals surface area contributed by atoms with E-state index in [0.717, 1.165) is 9.79 Å². The van der Waals surface area contributed by atoms with Gasteiger partial charge >= 0.3 is 5.91 Å². The fourth-order valence-corrected chi connectivity index (χ4v) is 3.27. The SMILES string of the molecule is O=NC(=O)c1ccc2c(c1)NC(=O)c1ccc(Cl)cc1S2. The zero-order valence-electron chi connectivity index (χ0n) is 10.4. The molecule has 0 spiro atoms. The molecule has 0 unspecified atom stereocenters. The second kappa shape index (κ2) is 5.31. The van der Waals surface area contributed by atoms with Crippen molar-refractivity contribution in [3.63, 3.8) is 0 Å². The van der Waals surface area contributed by atoms with Crippen molar-refractivity contribution in [2.45, 2.75) is 9.79 Å². The van der Waals surface area contributed by atoms with E-state index in [0.29, 0.717) is 16.3 Å². The van der Waals surface area contributed by atoms with Crippen LogP contribution in [-0.4, -0.2) is 11.8 Å². The maximum Gasteiger partial charge on any atom is 0.316 e. The van der Waals surface area contributed by atoms with Gasteiger partial charge < -0.3 is 5.32 Å². The monoisotopic (exact) mass is 318 g/mol. The Morgan fingerprint density at radius 3 is 2.71 bits per heavy atom. The first kappa shape index (κ1) is 13.8. The van der Waals surface area contributed by atoms with Crippen molar-refractivity contribution in [3.05, 3.63) is 57.5 Å². The first-order chi connectivity index (χ1) is 10.1. The van der Waals surface area contributed by atoms with Gasteiger partial charge in [-0.05, 0) is 36.4 Å². The molecule has 0 aromatic heterocycles. The maximum atomic E-state index is 12.2. The number of carbonyl (C=O) groups excluding carboxylic acids is 2. The van der Waals surface area contributed by atoms with Gasteiger partial charge in [0.2, 0.25) is 0 Å². The van der Waals surface area contributed by atoms with Crippen molar-refractivity contribution >= 4 is 40.9 Å². The van der Waals surface area contributed by atoms with Gasteiger partial charge in [-0.3, -0.25) is 9.59 Å². The number of rotatable bonds is 1. The molecular formula is C14H7ClN2O3S. The molecule has 21 heavy (non-hydrogen) atoms. The molecule has 1 aliphatic rings. The van der Waals surface area contributed by atoms with Crippen LogP contribution in [0.3, 0.4) is 0 Å². The molecule has 0 saturated carbocycles. The Labute approximate surface area is 128 Å². The summed E-state index contributed by atoms with van der Waals surface area (Å²) in [6.45, 7) is 0. The number of fused-ring (bicyclic) bond motifs is 2. The van der Waals surface area contributed by atoms with Crippen LogP contribution in [0.15, 0.2) is 51.4 Å². The molecule has 3 rings (SSSR count). The third-order valence-electron chi connectivity index (χ3n) is 2.97. The lowest BCUT2D eigenvalue weighted by Crippen LogP contribution is -2.12. The van der Waals surface area contributed by atoms with Gasteiger partial charge in [-0.1, -0.05) is 23.4 Å². The van der Waals surface area contributed by atoms with Crippen LogP contribution in [0.25, 0.3) is 0 Å². The topological polar surface area (TPSA) is 75.6 Å². The van der Waals surface area contributed by atoms with Gasteiger partial charge in [0.1, 0.15) is 0 Å². The average Bonchev–Trinajstić information content (AvgIpc) is 2.61. The summed E-state index contributed by atoms with van der Waals surface area (Å²) in [5.74, 6) is -1.17. The van der Waals surface area contributed by atoms with E-state index >= 15 is 0 Å². The molecule has 1 N–H and O–H groups in total. The number of nitrogens with one attached hydrogen (secondary N) is 1. The molecule has 0 atom stereocenters. The number of benzene rings is 2. The van der Waals surface area contributed by atoms with Crippen LogP contribution in [0.5, 0.6) is 0 Å². The van der Waals surface area contributed by atoms with Gasteiger partial charge in [-0.2, -0.15) is 0 Å². The minimum Gasteiger partial charge on any atom is -0.321 e. The fourth-order valence-electron chi connectivity index (χ4n) is 1.98. The highest BCUT2D eigenvalue weighted by Gasteiger charge is 2.21. The Kier molecular flexibility index (Phi) is 3.48. The maximum absolute atomic E-state index is 12.2. The molecule has 5 nitrogen and oxygen atoms in total. The van der Waals surface area contributed by atoms with Crippen LogP contribution in [0.4, 0.5) is 5.69 Å². The van der Waals surface area contributed by atoms with Crippen molar-refractivity contribution in [1.82, 2.24) is 0 Å². The highest BCUT2D eigenvalue weighted by Crippen LogP contribution is 2.40. The molecule has 0 fully saturated rings. The molecule has 2 aromatic rings. The summed E-state index contributed by atoms with van der Waals surface area (Å²) < 4.78 is 0. The number of halogens is 1. The third-order valence-corrected chi connectivity index (χ3v) is 4.33. The number of hydrogen-bond acceptors (Lipinski definition) is 4. The van der Waals surface area contributed by atoms with Crippen LogP contribution in [0.2, 0.25) is 5.02 Å². The van der Waals surface area contributed by atoms with E-state index in [1.54, 1.807) is 24.3 Å². The van der Waals surface area contributed by atoms with Crippen molar-refractivity contribution in [2.75, 3.05) is 5.32 Å². The molecule has 104 valence electrons. The molecule has 2 aromatic carbocycles. The lowest BCUT2D eigenvalue weighted by molar-refractivity contribution is 0.0996. The molecule has 7 heteroatoms. The van der Waals surface area contributed by atoms with Gasteiger partial charge in [-0.25, -0.2) is 0 Å². The molecule has 0 saturated heterocycles. The summed E-state index contributed by atoms with van der Waals surface area (Å²) in [5, 5.41) is 5.63. The smallest absolute Gasteiger partial charge is 0.316 e. The van der Waals surface area contributed by atoms with Crippen molar-refractivity contribution < 1.29 is 9.59 Å². The quantitative estimate of drug-likeness (QED) is 0.807. The minimum atomic E-state index is -0.873. The molecular weight excluding hydrogens is 312 g/mol. The van der Waals surface area contributed by atoms with Crippen LogP contribution in [0.1, 0.15) is 20.7 Å². The third kappa shape index (κ3) is 2.55. The standard InChI is InChI=1S/C14H7ClN2O3S/c15-8-2-3-9-12(6-8)21-11-4-1-7(13(18)17-20)5-10(11)16-14(9)19/h1-6H,(H,16,19). The van der Waals surface area contributed by atoms with E-state index in [9.17, 15) is 14.5 Å². The summed E-state index contributed by atoms with van der Waals surface area (Å²) in [6, 6.07) is 9.60. The lowest BCUT2D eigenvalue weighted by atomic mass is 10.1. The summed E-state index contributed by atoms with van der Waals surface area (Å²) in [6.07, 6.45) is 0. The summed E-state index contributed by atoms with van der Waals surface area (Å²) >= 11 is 7.31. The summed E-state index contributed by atoms with van der Waals surface area (Å²) in [4.78, 5) is 35.3.